The van der Waals surface area contributed by atoms with E-state index in [0.29, 0.717) is 10.7 Å². The molecule has 1 fully saturated rings. The topological polar surface area (TPSA) is 29.0 Å². The molecule has 1 aliphatic rings. The van der Waals surface area contributed by atoms with Gasteiger partial charge in [0.05, 0.1) is 0 Å². The van der Waals surface area contributed by atoms with Gasteiger partial charge in [-0.3, -0.25) is 0 Å². The Hall–Kier alpha value is -0.290. The van der Waals surface area contributed by atoms with Crippen molar-refractivity contribution < 1.29 is 0 Å². The zero-order valence-corrected chi connectivity index (χ0v) is 14.5. The fourth-order valence-electron chi connectivity index (χ4n) is 2.09. The summed E-state index contributed by atoms with van der Waals surface area (Å²) in [6.45, 7) is 11.1. The molecular formula is C14H22BrN3S. The summed E-state index contributed by atoms with van der Waals surface area (Å²) in [5.41, 5.74) is 0. The Bertz CT molecular complexity index is 448. The summed E-state index contributed by atoms with van der Waals surface area (Å²) in [6.07, 6.45) is 1.19. The van der Waals surface area contributed by atoms with Crippen LogP contribution in [0.2, 0.25) is 0 Å². The van der Waals surface area contributed by atoms with Crippen LogP contribution in [0, 0.1) is 0 Å². The largest absolute Gasteiger partial charge is 0.356 e. The molecule has 0 bridgehead atoms. The predicted octanol–water partition coefficient (Wildman–Crippen LogP) is 4.08. The monoisotopic (exact) mass is 343 g/mol. The van der Waals surface area contributed by atoms with Crippen molar-refractivity contribution in [3.8, 4) is 0 Å². The summed E-state index contributed by atoms with van der Waals surface area (Å²) in [5.74, 6) is 3.49. The molecule has 0 radical (unpaired) electrons. The molecule has 1 aromatic rings. The molecule has 0 N–H and O–H groups in total. The molecule has 0 aromatic carbocycles. The van der Waals surface area contributed by atoms with Crippen LogP contribution in [-0.2, 0) is 0 Å². The van der Waals surface area contributed by atoms with Gasteiger partial charge in [-0.05, 0) is 22.4 Å². The zero-order valence-electron chi connectivity index (χ0n) is 12.1. The summed E-state index contributed by atoms with van der Waals surface area (Å²) in [4.78, 5) is 11.6. The Morgan fingerprint density at radius 3 is 2.74 bits per heavy atom. The van der Waals surface area contributed by atoms with E-state index in [1.165, 1.54) is 6.42 Å². The predicted molar refractivity (Wildman–Crippen MR) is 87.2 cm³/mol. The molecule has 1 aliphatic heterocycles. The number of anilines is 1. The van der Waals surface area contributed by atoms with Crippen molar-refractivity contribution in [3.05, 3.63) is 16.5 Å². The van der Waals surface area contributed by atoms with Gasteiger partial charge in [-0.25, -0.2) is 9.97 Å². The van der Waals surface area contributed by atoms with Crippen LogP contribution >= 0.6 is 27.7 Å². The van der Waals surface area contributed by atoms with Gasteiger partial charge in [0.1, 0.15) is 16.2 Å². The van der Waals surface area contributed by atoms with Crippen LogP contribution in [0.5, 0.6) is 0 Å². The summed E-state index contributed by atoms with van der Waals surface area (Å²) in [7, 11) is 0. The molecule has 3 nitrogen and oxygen atoms in total. The van der Waals surface area contributed by atoms with E-state index in [2.05, 4.69) is 65.3 Å². The van der Waals surface area contributed by atoms with E-state index >= 15 is 0 Å². The fourth-order valence-corrected chi connectivity index (χ4v) is 3.58. The maximum absolute atomic E-state index is 4.72. The van der Waals surface area contributed by atoms with Gasteiger partial charge >= 0.3 is 0 Å². The lowest BCUT2D eigenvalue weighted by Gasteiger charge is -2.24. The van der Waals surface area contributed by atoms with E-state index in [1.54, 1.807) is 0 Å². The molecular weight excluding hydrogens is 322 g/mol. The Kier molecular flexibility index (Phi) is 4.77. The standard InChI is InChI=1S/C14H22BrN3S/c1-10(2)13-16-11(15)9-12(17-13)18-6-5-14(3,4)19-8-7-18/h9-10H,5-8H2,1-4H3. The number of rotatable bonds is 2. The smallest absolute Gasteiger partial charge is 0.134 e. The third-order valence-electron chi connectivity index (χ3n) is 3.38. The molecule has 0 amide bonds. The van der Waals surface area contributed by atoms with Crippen LogP contribution in [-0.4, -0.2) is 33.6 Å². The SMILES string of the molecule is CC(C)c1nc(Br)cc(N2CCSC(C)(C)CC2)n1. The van der Waals surface area contributed by atoms with E-state index in [-0.39, 0.29) is 0 Å². The maximum Gasteiger partial charge on any atom is 0.134 e. The van der Waals surface area contributed by atoms with Crippen molar-refractivity contribution in [2.45, 2.75) is 44.8 Å². The normalized spacial score (nSPS) is 19.6. The molecule has 2 rings (SSSR count). The first-order chi connectivity index (χ1) is 8.87. The number of thioether (sulfide) groups is 1. The molecule has 0 atom stereocenters. The second-order valence-electron chi connectivity index (χ2n) is 5.91. The van der Waals surface area contributed by atoms with Crippen LogP contribution in [0.1, 0.15) is 45.9 Å². The first-order valence-corrected chi connectivity index (χ1v) is 8.59. The van der Waals surface area contributed by atoms with Crippen molar-refractivity contribution in [1.82, 2.24) is 9.97 Å². The van der Waals surface area contributed by atoms with Crippen LogP contribution in [0.4, 0.5) is 5.82 Å². The second kappa shape index (κ2) is 6.00. The highest BCUT2D eigenvalue weighted by Crippen LogP contribution is 2.32. The third-order valence-corrected chi connectivity index (χ3v) is 5.16. The van der Waals surface area contributed by atoms with E-state index < -0.39 is 0 Å². The maximum atomic E-state index is 4.72. The number of halogens is 1. The number of aromatic nitrogens is 2. The summed E-state index contributed by atoms with van der Waals surface area (Å²) in [5, 5.41) is 0. The number of hydrogen-bond acceptors (Lipinski definition) is 4. The summed E-state index contributed by atoms with van der Waals surface area (Å²) >= 11 is 5.56. The summed E-state index contributed by atoms with van der Waals surface area (Å²) < 4.78 is 1.26. The summed E-state index contributed by atoms with van der Waals surface area (Å²) in [6, 6.07) is 2.04. The molecule has 0 spiro atoms. The molecule has 2 heterocycles. The van der Waals surface area contributed by atoms with Gasteiger partial charge in [-0.1, -0.05) is 27.7 Å². The van der Waals surface area contributed by atoms with E-state index in [1.807, 2.05) is 6.07 Å². The molecule has 0 saturated carbocycles. The third kappa shape index (κ3) is 4.09. The second-order valence-corrected chi connectivity index (χ2v) is 8.52. The van der Waals surface area contributed by atoms with Gasteiger partial charge in [-0.2, -0.15) is 11.8 Å². The lowest BCUT2D eigenvalue weighted by Crippen LogP contribution is -2.28. The lowest BCUT2D eigenvalue weighted by atomic mass is 10.1. The molecule has 0 aliphatic carbocycles. The Morgan fingerprint density at radius 1 is 1.32 bits per heavy atom. The minimum Gasteiger partial charge on any atom is -0.356 e. The van der Waals surface area contributed by atoms with Crippen molar-refractivity contribution in [1.29, 1.82) is 0 Å². The molecule has 1 aromatic heterocycles. The zero-order chi connectivity index (χ0) is 14.0. The van der Waals surface area contributed by atoms with Gasteiger partial charge in [0.15, 0.2) is 0 Å². The van der Waals surface area contributed by atoms with E-state index in [4.69, 9.17) is 4.98 Å². The van der Waals surface area contributed by atoms with E-state index in [9.17, 15) is 0 Å². The molecule has 5 heteroatoms. The van der Waals surface area contributed by atoms with Gasteiger partial charge in [-0.15, -0.1) is 0 Å². The highest BCUT2D eigenvalue weighted by Gasteiger charge is 2.24. The van der Waals surface area contributed by atoms with Crippen LogP contribution in [0.15, 0.2) is 10.7 Å². The minimum atomic E-state index is 0.356. The number of hydrogen-bond donors (Lipinski definition) is 0. The molecule has 106 valence electrons. The van der Waals surface area contributed by atoms with Gasteiger partial charge < -0.3 is 4.90 Å². The van der Waals surface area contributed by atoms with E-state index in [0.717, 1.165) is 35.1 Å². The quantitative estimate of drug-likeness (QED) is 0.756. The van der Waals surface area contributed by atoms with Gasteiger partial charge in [0, 0.05) is 35.6 Å². The first kappa shape index (κ1) is 15.1. The fraction of sp³-hybridized carbons (Fsp3) is 0.714. The molecule has 0 unspecified atom stereocenters. The van der Waals surface area contributed by atoms with Crippen LogP contribution < -0.4 is 4.90 Å². The number of nitrogens with zero attached hydrogens (tertiary/aromatic N) is 3. The Balaban J connectivity index is 2.21. The van der Waals surface area contributed by atoms with Gasteiger partial charge in [0.2, 0.25) is 0 Å². The Morgan fingerprint density at radius 2 is 2.05 bits per heavy atom. The van der Waals surface area contributed by atoms with Crippen molar-refractivity contribution >= 4 is 33.5 Å². The van der Waals surface area contributed by atoms with Crippen molar-refractivity contribution in [2.75, 3.05) is 23.7 Å². The Labute approximate surface area is 128 Å². The lowest BCUT2D eigenvalue weighted by molar-refractivity contribution is 0.632. The average molecular weight is 344 g/mol. The van der Waals surface area contributed by atoms with Gasteiger partial charge in [0.25, 0.3) is 0 Å². The molecule has 19 heavy (non-hydrogen) atoms. The van der Waals surface area contributed by atoms with Crippen LogP contribution in [0.25, 0.3) is 0 Å². The highest BCUT2D eigenvalue weighted by atomic mass is 79.9. The molecule has 1 saturated heterocycles. The minimum absolute atomic E-state index is 0.356. The average Bonchev–Trinajstić information content (AvgIpc) is 2.49. The van der Waals surface area contributed by atoms with Crippen molar-refractivity contribution in [2.24, 2.45) is 0 Å². The first-order valence-electron chi connectivity index (χ1n) is 6.81. The van der Waals surface area contributed by atoms with Crippen molar-refractivity contribution in [3.63, 3.8) is 0 Å². The van der Waals surface area contributed by atoms with Crippen LogP contribution in [0.3, 0.4) is 0 Å². The highest BCUT2D eigenvalue weighted by molar-refractivity contribution is 9.10.